The number of carbonyl (C=O) groups is 7. The second kappa shape index (κ2) is 30.6. The largest absolute Gasteiger partial charge is 0.481 e. The molecular formula is C45H66N2O14. The number of esters is 3. The first kappa shape index (κ1) is 53.6. The topological polar surface area (TPSA) is 221 Å². The summed E-state index contributed by atoms with van der Waals surface area (Å²) < 4.78 is 25.5. The monoisotopic (exact) mass is 858 g/mol. The number of unbranched alkanes of at least 4 members (excludes halogenated alkanes) is 8. The predicted octanol–water partition coefficient (Wildman–Crippen LogP) is 5.85. The maximum absolute atomic E-state index is 14.0. The van der Waals surface area contributed by atoms with Gasteiger partial charge in [0, 0.05) is 46.7 Å². The van der Waals surface area contributed by atoms with Crippen LogP contribution < -0.4 is 10.1 Å². The van der Waals surface area contributed by atoms with Crippen molar-refractivity contribution in [3.05, 3.63) is 42.0 Å². The number of ether oxygens (including phenoxy) is 5. The molecule has 1 unspecified atom stereocenters. The molecule has 0 aromatic heterocycles. The van der Waals surface area contributed by atoms with Crippen LogP contribution in [0.3, 0.4) is 0 Å². The Bertz CT molecular complexity index is 1630. The number of carbonyl (C=O) groups excluding carboxylic acids is 6. The van der Waals surface area contributed by atoms with Gasteiger partial charge in [-0.3, -0.25) is 19.2 Å². The minimum Gasteiger partial charge on any atom is -0.481 e. The minimum absolute atomic E-state index is 0.0639. The van der Waals surface area contributed by atoms with Gasteiger partial charge in [0.1, 0.15) is 24.2 Å². The Morgan fingerprint density at radius 1 is 0.918 bits per heavy atom. The summed E-state index contributed by atoms with van der Waals surface area (Å²) in [7, 11) is 2.52. The van der Waals surface area contributed by atoms with Crippen molar-refractivity contribution in [1.29, 1.82) is 0 Å². The van der Waals surface area contributed by atoms with Gasteiger partial charge >= 0.3 is 30.0 Å². The summed E-state index contributed by atoms with van der Waals surface area (Å²) in [6.45, 7) is 6.65. The van der Waals surface area contributed by atoms with Crippen LogP contribution in [0.2, 0.25) is 0 Å². The Labute approximate surface area is 360 Å². The first-order valence-electron chi connectivity index (χ1n) is 21.0. The van der Waals surface area contributed by atoms with E-state index in [1.165, 1.54) is 39.5 Å². The van der Waals surface area contributed by atoms with Gasteiger partial charge in [-0.2, -0.15) is 0 Å². The zero-order chi connectivity index (χ0) is 45.6. The highest BCUT2D eigenvalue weighted by molar-refractivity contribution is 5.95. The van der Waals surface area contributed by atoms with Crippen molar-refractivity contribution in [2.45, 2.75) is 142 Å². The molecule has 0 saturated heterocycles. The van der Waals surface area contributed by atoms with Crippen LogP contribution in [0, 0.1) is 17.8 Å². The first-order chi connectivity index (χ1) is 29.1. The molecule has 2 amide bonds. The summed E-state index contributed by atoms with van der Waals surface area (Å²) in [5.74, 6) is -1.30. The van der Waals surface area contributed by atoms with Crippen molar-refractivity contribution in [1.82, 2.24) is 10.2 Å². The van der Waals surface area contributed by atoms with Gasteiger partial charge < -0.3 is 44.1 Å². The third kappa shape index (κ3) is 22.7. The van der Waals surface area contributed by atoms with Gasteiger partial charge in [0.05, 0.1) is 26.1 Å². The SMILES string of the molecule is CC#CCOc1ccc(C[C@H](NC(=O)[C@@H](/C=C/CCCCCCC(=O)CCCCCCC)C(O)(CC(=O)O[C@H](C)OC(=O)N(C)CCCOC(C)=O)C(=O)O)C(=O)OC)cc1. The minimum atomic E-state index is -3.09. The Hall–Kier alpha value is -5.43. The number of Topliss-reactive ketones (excluding diaryl/α,β-unsaturated/α-hetero) is 1. The van der Waals surface area contributed by atoms with Crippen molar-refractivity contribution >= 4 is 41.7 Å². The average Bonchev–Trinajstić information content (AvgIpc) is 3.21. The fraction of sp³-hybridized carbons (Fsp3) is 0.622. The van der Waals surface area contributed by atoms with Gasteiger partial charge in [-0.15, -0.1) is 5.92 Å². The lowest BCUT2D eigenvalue weighted by Gasteiger charge is -2.30. The molecule has 340 valence electrons. The number of carboxylic acids is 1. The van der Waals surface area contributed by atoms with Crippen molar-refractivity contribution in [2.24, 2.45) is 5.92 Å². The van der Waals surface area contributed by atoms with E-state index in [1.54, 1.807) is 31.2 Å². The van der Waals surface area contributed by atoms with E-state index in [9.17, 15) is 43.8 Å². The van der Waals surface area contributed by atoms with Crippen LogP contribution >= 0.6 is 0 Å². The third-order valence-corrected chi connectivity index (χ3v) is 9.52. The van der Waals surface area contributed by atoms with Crippen molar-refractivity contribution < 1.29 is 67.5 Å². The number of carboxylic acid groups (broad SMARTS) is 1. The molecule has 0 aliphatic heterocycles. The second-order valence-electron chi connectivity index (χ2n) is 14.7. The molecule has 1 aromatic rings. The number of aliphatic hydroxyl groups is 1. The number of methoxy groups -OCH3 is 1. The lowest BCUT2D eigenvalue weighted by molar-refractivity contribution is -0.182. The fourth-order valence-electron chi connectivity index (χ4n) is 6.06. The van der Waals surface area contributed by atoms with Crippen LogP contribution in [-0.2, 0) is 54.1 Å². The highest BCUT2D eigenvalue weighted by Gasteiger charge is 2.50. The molecule has 61 heavy (non-hydrogen) atoms. The smallest absolute Gasteiger partial charge is 0.412 e. The molecule has 1 rings (SSSR count). The molecule has 0 aliphatic rings. The van der Waals surface area contributed by atoms with Crippen LogP contribution in [0.5, 0.6) is 5.75 Å². The molecular weight excluding hydrogens is 792 g/mol. The van der Waals surface area contributed by atoms with Gasteiger partial charge in [0.15, 0.2) is 5.60 Å². The molecule has 0 radical (unpaired) electrons. The van der Waals surface area contributed by atoms with E-state index in [2.05, 4.69) is 24.1 Å². The van der Waals surface area contributed by atoms with Gasteiger partial charge in [0.25, 0.3) is 0 Å². The molecule has 1 aromatic carbocycles. The van der Waals surface area contributed by atoms with Gasteiger partial charge in [-0.05, 0) is 56.7 Å². The van der Waals surface area contributed by atoms with E-state index in [-0.39, 0.29) is 32.0 Å². The molecule has 0 heterocycles. The Morgan fingerprint density at radius 3 is 2.15 bits per heavy atom. The lowest BCUT2D eigenvalue weighted by Crippen LogP contribution is -2.55. The summed E-state index contributed by atoms with van der Waals surface area (Å²) >= 11 is 0. The summed E-state index contributed by atoms with van der Waals surface area (Å²) in [6, 6.07) is 5.30. The summed E-state index contributed by atoms with van der Waals surface area (Å²) in [5.41, 5.74) is -2.51. The van der Waals surface area contributed by atoms with E-state index in [4.69, 9.17) is 23.7 Å². The van der Waals surface area contributed by atoms with E-state index in [0.717, 1.165) is 57.0 Å². The molecule has 16 heteroatoms. The van der Waals surface area contributed by atoms with Crippen LogP contribution in [0.1, 0.15) is 123 Å². The number of rotatable bonds is 31. The molecule has 4 atom stereocenters. The van der Waals surface area contributed by atoms with Crippen LogP contribution in [0.15, 0.2) is 36.4 Å². The van der Waals surface area contributed by atoms with E-state index in [1.807, 2.05) is 0 Å². The quantitative estimate of drug-likeness (QED) is 0.0199. The maximum atomic E-state index is 14.0. The normalized spacial score (nSPS) is 13.3. The number of hydrogen-bond donors (Lipinski definition) is 3. The summed E-state index contributed by atoms with van der Waals surface area (Å²) in [5, 5.41) is 24.5. The lowest BCUT2D eigenvalue weighted by atomic mass is 9.82. The molecule has 0 aliphatic carbocycles. The number of nitrogens with one attached hydrogen (secondary N) is 1. The summed E-state index contributed by atoms with van der Waals surface area (Å²) in [4.78, 5) is 89.6. The fourth-order valence-corrected chi connectivity index (χ4v) is 6.06. The molecule has 0 fully saturated rings. The summed E-state index contributed by atoms with van der Waals surface area (Å²) in [6.07, 6.45) is 9.01. The Morgan fingerprint density at radius 2 is 1.56 bits per heavy atom. The molecule has 3 N–H and O–H groups in total. The molecule has 16 nitrogen and oxygen atoms in total. The number of hydrogen-bond acceptors (Lipinski definition) is 13. The van der Waals surface area contributed by atoms with Crippen molar-refractivity contribution in [3.8, 4) is 17.6 Å². The van der Waals surface area contributed by atoms with E-state index in [0.29, 0.717) is 43.4 Å². The van der Waals surface area contributed by atoms with Crippen LogP contribution in [-0.4, -0.2) is 109 Å². The number of amides is 2. The highest BCUT2D eigenvalue weighted by Crippen LogP contribution is 2.27. The highest BCUT2D eigenvalue weighted by atomic mass is 16.7. The maximum Gasteiger partial charge on any atom is 0.412 e. The zero-order valence-electron chi connectivity index (χ0n) is 36.7. The van der Waals surface area contributed by atoms with Crippen LogP contribution in [0.4, 0.5) is 4.79 Å². The number of allylic oxidation sites excluding steroid dienone is 1. The Kier molecular flexibility index (Phi) is 26.9. The molecule has 0 spiro atoms. The number of ketones is 1. The number of aliphatic carboxylic acids is 1. The Balaban J connectivity index is 3.14. The van der Waals surface area contributed by atoms with Crippen molar-refractivity contribution in [2.75, 3.05) is 33.9 Å². The standard InChI is InChI=1S/C45H66N2O14/c1-7-9-11-14-17-21-36(49)22-18-15-12-13-16-19-23-38(41(51)46-39(42(52)57-6)31-35-24-26-37(27-25-35)59-29-10-8-2)45(56,43(53)54)32-40(50)60-34(4)61-44(55)47(5)28-20-30-58-33(3)48/h19,23-27,34,38-39,56H,7,9,11-18,20-22,28-32H2,1-6H3,(H,46,51)(H,53,54)/b23-19+/t34-,38+,39-,45?/m0/s1. The third-order valence-electron chi connectivity index (χ3n) is 9.52. The zero-order valence-corrected chi connectivity index (χ0v) is 36.7. The number of nitrogens with zero attached hydrogens (tertiary/aromatic N) is 1. The average molecular weight is 859 g/mol. The molecule has 0 saturated carbocycles. The predicted molar refractivity (Wildman–Crippen MR) is 225 cm³/mol. The number of benzene rings is 1. The second-order valence-corrected chi connectivity index (χ2v) is 14.7. The van der Waals surface area contributed by atoms with E-state index >= 15 is 0 Å². The van der Waals surface area contributed by atoms with Gasteiger partial charge in [-0.25, -0.2) is 14.4 Å². The molecule has 0 bridgehead atoms. The van der Waals surface area contributed by atoms with Gasteiger partial charge in [0.2, 0.25) is 12.2 Å². The van der Waals surface area contributed by atoms with Crippen molar-refractivity contribution in [3.63, 3.8) is 0 Å². The first-order valence-corrected chi connectivity index (χ1v) is 21.0. The van der Waals surface area contributed by atoms with E-state index < -0.39 is 66.1 Å². The van der Waals surface area contributed by atoms with Gasteiger partial charge in [-0.1, -0.05) is 75.7 Å². The van der Waals surface area contributed by atoms with Crippen LogP contribution in [0.25, 0.3) is 0 Å².